The fraction of sp³-hybridized carbons (Fsp3) is 0.391. The molecule has 0 aromatic heterocycles. The van der Waals surface area contributed by atoms with Gasteiger partial charge in [-0.05, 0) is 58.3 Å². The van der Waals surface area contributed by atoms with E-state index in [4.69, 9.17) is 0 Å². The summed E-state index contributed by atoms with van der Waals surface area (Å²) in [5.74, 6) is -2.34. The molecule has 0 radical (unpaired) electrons. The fourth-order valence-electron chi connectivity index (χ4n) is 3.67. The van der Waals surface area contributed by atoms with Gasteiger partial charge >= 0.3 is 11.9 Å². The van der Waals surface area contributed by atoms with Gasteiger partial charge in [0, 0.05) is 11.1 Å². The lowest BCUT2D eigenvalue weighted by Crippen LogP contribution is -2.33. The minimum absolute atomic E-state index is 0.0557. The van der Waals surface area contributed by atoms with Crippen LogP contribution in [0.25, 0.3) is 0 Å². The first-order valence-corrected chi connectivity index (χ1v) is 10.1. The highest BCUT2D eigenvalue weighted by molar-refractivity contribution is 5.77. The number of carbonyl (C=O) groups is 2. The van der Waals surface area contributed by atoms with E-state index >= 15 is 0 Å². The van der Waals surface area contributed by atoms with Crippen LogP contribution >= 0.6 is 0 Å². The van der Waals surface area contributed by atoms with Crippen molar-refractivity contribution in [2.45, 2.75) is 46.2 Å². The monoisotopic (exact) mass is 430 g/mol. The predicted molar refractivity (Wildman–Crippen MR) is 117 cm³/mol. The van der Waals surface area contributed by atoms with Gasteiger partial charge in [-0.1, -0.05) is 35.4 Å². The second-order valence-corrected chi connectivity index (χ2v) is 7.84. The molecule has 0 fully saturated rings. The van der Waals surface area contributed by atoms with Gasteiger partial charge in [-0.15, -0.1) is 0 Å². The second kappa shape index (κ2) is 10.3. The van der Waals surface area contributed by atoms with Crippen LogP contribution < -0.4 is 10.6 Å². The molecule has 0 aliphatic carbocycles. The quantitative estimate of drug-likeness (QED) is 0.316. The maximum absolute atomic E-state index is 11.7. The summed E-state index contributed by atoms with van der Waals surface area (Å²) in [6.07, 6.45) is 0.435. The van der Waals surface area contributed by atoms with Gasteiger partial charge in [0.25, 0.3) is 0 Å². The number of carboxylic acid groups (broad SMARTS) is 2. The molecule has 0 heterocycles. The lowest BCUT2D eigenvalue weighted by atomic mass is 9.99. The lowest BCUT2D eigenvalue weighted by Gasteiger charge is -2.20. The van der Waals surface area contributed by atoms with Crippen molar-refractivity contribution in [3.63, 3.8) is 0 Å². The van der Waals surface area contributed by atoms with E-state index in [0.29, 0.717) is 28.7 Å². The molecule has 8 heteroatoms. The van der Waals surface area contributed by atoms with Gasteiger partial charge in [0.2, 0.25) is 0 Å². The van der Waals surface area contributed by atoms with E-state index in [1.165, 1.54) is 0 Å². The smallest absolute Gasteiger partial charge is 0.325 e. The Labute approximate surface area is 181 Å². The molecule has 0 aliphatic rings. The summed E-state index contributed by atoms with van der Waals surface area (Å²) in [5, 5.41) is 45.5. The number of aromatic hydroxyl groups is 2. The van der Waals surface area contributed by atoms with Crippen molar-refractivity contribution in [1.82, 2.24) is 10.6 Å². The first-order valence-electron chi connectivity index (χ1n) is 10.1. The van der Waals surface area contributed by atoms with Gasteiger partial charge in [0.15, 0.2) is 0 Å². The zero-order valence-corrected chi connectivity index (χ0v) is 18.2. The number of benzene rings is 2. The third kappa shape index (κ3) is 5.96. The number of hydrogen-bond acceptors (Lipinski definition) is 6. The summed E-state index contributed by atoms with van der Waals surface area (Å²) in [4.78, 5) is 23.5. The van der Waals surface area contributed by atoms with Gasteiger partial charge in [0.05, 0.1) is 0 Å². The third-order valence-electron chi connectivity index (χ3n) is 5.12. The van der Waals surface area contributed by atoms with Crippen LogP contribution in [0.15, 0.2) is 24.3 Å². The maximum Gasteiger partial charge on any atom is 0.325 e. The van der Waals surface area contributed by atoms with E-state index in [-0.39, 0.29) is 24.6 Å². The lowest BCUT2D eigenvalue weighted by molar-refractivity contribution is -0.140. The molecule has 31 heavy (non-hydrogen) atoms. The van der Waals surface area contributed by atoms with Gasteiger partial charge in [0.1, 0.15) is 23.6 Å². The fourth-order valence-corrected chi connectivity index (χ4v) is 3.67. The molecule has 0 bridgehead atoms. The zero-order chi connectivity index (χ0) is 23.3. The molecule has 0 aliphatic heterocycles. The highest BCUT2D eigenvalue weighted by Gasteiger charge is 2.25. The van der Waals surface area contributed by atoms with Crippen molar-refractivity contribution in [2.24, 2.45) is 0 Å². The predicted octanol–water partition coefficient (Wildman–Crippen LogP) is 2.85. The Morgan fingerprint density at radius 1 is 0.742 bits per heavy atom. The van der Waals surface area contributed by atoms with E-state index in [0.717, 1.165) is 11.1 Å². The standard InChI is InChI=1S/C23H30N2O6/c1-12-8-14(3)20(26)16(10-12)18(22(28)29)24-6-5-7-25-19(23(30)31)17-11-13(2)9-15(4)21(17)27/h8-11,18-19,24-27H,5-7H2,1-4H3,(H,28,29)(H,30,31)/t18-,19-/m0/s1. The van der Waals surface area contributed by atoms with Gasteiger partial charge < -0.3 is 31.1 Å². The highest BCUT2D eigenvalue weighted by Crippen LogP contribution is 2.30. The number of nitrogens with one attached hydrogen (secondary N) is 2. The molecule has 0 saturated heterocycles. The Balaban J connectivity index is 2.02. The maximum atomic E-state index is 11.7. The van der Waals surface area contributed by atoms with Crippen molar-refractivity contribution < 1.29 is 30.0 Å². The number of hydrogen-bond donors (Lipinski definition) is 6. The van der Waals surface area contributed by atoms with Crippen molar-refractivity contribution in [3.8, 4) is 11.5 Å². The summed E-state index contributed by atoms with van der Waals surface area (Å²) < 4.78 is 0. The van der Waals surface area contributed by atoms with Crippen LogP contribution in [0.2, 0.25) is 0 Å². The molecule has 0 spiro atoms. The van der Waals surface area contributed by atoms with Gasteiger partial charge in [-0.3, -0.25) is 9.59 Å². The molecule has 0 amide bonds. The largest absolute Gasteiger partial charge is 0.507 e. The van der Waals surface area contributed by atoms with Crippen molar-refractivity contribution in [2.75, 3.05) is 13.1 Å². The summed E-state index contributed by atoms with van der Waals surface area (Å²) in [7, 11) is 0. The van der Waals surface area contributed by atoms with E-state index < -0.39 is 24.0 Å². The Morgan fingerprint density at radius 2 is 1.10 bits per heavy atom. The average Bonchev–Trinajstić information content (AvgIpc) is 2.67. The van der Waals surface area contributed by atoms with Crippen LogP contribution in [0.5, 0.6) is 11.5 Å². The van der Waals surface area contributed by atoms with Crippen LogP contribution in [-0.4, -0.2) is 45.5 Å². The Kier molecular flexibility index (Phi) is 8.01. The van der Waals surface area contributed by atoms with Crippen LogP contribution in [0.4, 0.5) is 0 Å². The first kappa shape index (κ1) is 24.2. The van der Waals surface area contributed by atoms with Crippen molar-refractivity contribution in [1.29, 1.82) is 0 Å². The molecule has 8 nitrogen and oxygen atoms in total. The van der Waals surface area contributed by atoms with Crippen LogP contribution in [0, 0.1) is 27.7 Å². The number of phenols is 2. The summed E-state index contributed by atoms with van der Waals surface area (Å²) in [6.45, 7) is 7.63. The molecule has 2 rings (SSSR count). The molecule has 0 unspecified atom stereocenters. The number of rotatable bonds is 10. The van der Waals surface area contributed by atoms with Crippen molar-refractivity contribution in [3.05, 3.63) is 57.6 Å². The molecule has 2 aromatic rings. The molecule has 2 atom stereocenters. The minimum Gasteiger partial charge on any atom is -0.507 e. The molecule has 0 saturated carbocycles. The first-order chi connectivity index (χ1) is 14.5. The molecular formula is C23H30N2O6. The number of phenolic OH excluding ortho intramolecular Hbond substituents is 2. The summed E-state index contributed by atoms with van der Waals surface area (Å²) in [5.41, 5.74) is 3.47. The molecular weight excluding hydrogens is 400 g/mol. The van der Waals surface area contributed by atoms with Gasteiger partial charge in [-0.2, -0.15) is 0 Å². The Morgan fingerprint density at radius 3 is 1.42 bits per heavy atom. The zero-order valence-electron chi connectivity index (χ0n) is 18.2. The third-order valence-corrected chi connectivity index (χ3v) is 5.12. The summed E-state index contributed by atoms with van der Waals surface area (Å²) in [6, 6.07) is 4.65. The van der Waals surface area contributed by atoms with Crippen LogP contribution in [0.1, 0.15) is 51.9 Å². The Bertz CT molecular complexity index is 896. The van der Waals surface area contributed by atoms with E-state index in [9.17, 15) is 30.0 Å². The summed E-state index contributed by atoms with van der Waals surface area (Å²) >= 11 is 0. The van der Waals surface area contributed by atoms with Crippen LogP contribution in [-0.2, 0) is 9.59 Å². The topological polar surface area (TPSA) is 139 Å². The van der Waals surface area contributed by atoms with E-state index in [1.807, 2.05) is 13.8 Å². The number of aliphatic carboxylic acids is 2. The van der Waals surface area contributed by atoms with Crippen LogP contribution in [0.3, 0.4) is 0 Å². The van der Waals surface area contributed by atoms with E-state index in [2.05, 4.69) is 10.6 Å². The molecule has 6 N–H and O–H groups in total. The highest BCUT2D eigenvalue weighted by atomic mass is 16.4. The number of carboxylic acids is 2. The normalized spacial score (nSPS) is 13.0. The average molecular weight is 431 g/mol. The second-order valence-electron chi connectivity index (χ2n) is 7.84. The number of aryl methyl sites for hydroxylation is 4. The molecule has 2 aromatic carbocycles. The molecule has 168 valence electrons. The minimum atomic E-state index is -1.11. The SMILES string of the molecule is Cc1cc(C)c(O)c([C@H](NCCCN[C@H](C(=O)O)c2cc(C)cc(C)c2O)C(=O)O)c1. The van der Waals surface area contributed by atoms with Gasteiger partial charge in [-0.25, -0.2) is 0 Å². The Hall–Kier alpha value is -3.10. The van der Waals surface area contributed by atoms with E-state index in [1.54, 1.807) is 38.1 Å². The van der Waals surface area contributed by atoms with Crippen molar-refractivity contribution >= 4 is 11.9 Å².